The van der Waals surface area contributed by atoms with E-state index in [0.717, 1.165) is 57.2 Å². The molecule has 0 aromatic carbocycles. The van der Waals surface area contributed by atoms with Crippen molar-refractivity contribution >= 4 is 6.03 Å². The molecule has 1 aliphatic heterocycles. The number of urea groups is 1. The fourth-order valence-electron chi connectivity index (χ4n) is 3.61. The maximum Gasteiger partial charge on any atom is 0.318 e. The Morgan fingerprint density at radius 1 is 1.24 bits per heavy atom. The smallest absolute Gasteiger partial charge is 0.318 e. The first-order chi connectivity index (χ1) is 12.2. The van der Waals surface area contributed by atoms with E-state index in [1.54, 1.807) is 0 Å². The number of carbonyl (C=O) groups excluding carboxylic acids is 1. The van der Waals surface area contributed by atoms with E-state index in [4.69, 9.17) is 9.15 Å². The Morgan fingerprint density at radius 3 is 2.68 bits per heavy atom. The summed E-state index contributed by atoms with van der Waals surface area (Å²) in [7, 11) is 0. The summed E-state index contributed by atoms with van der Waals surface area (Å²) >= 11 is 0. The van der Waals surface area contributed by atoms with Crippen molar-refractivity contribution in [3.63, 3.8) is 0 Å². The van der Waals surface area contributed by atoms with Crippen LogP contribution < -0.4 is 5.32 Å². The number of rotatable bonds is 6. The molecule has 140 valence electrons. The number of furan rings is 1. The number of amides is 2. The van der Waals surface area contributed by atoms with Crippen molar-refractivity contribution in [2.24, 2.45) is 0 Å². The maximum absolute atomic E-state index is 12.8. The standard InChI is InChI=1S/C19H31N3O3/c1-16-7-8-18(25-16)15-22(10-9-21-11-13-24-14-12-21)19(23)20-17-5-3-2-4-6-17/h7-8,17H,2-6,9-15H2,1H3,(H,20,23). The number of hydrogen-bond acceptors (Lipinski definition) is 4. The van der Waals surface area contributed by atoms with Crippen LogP contribution in [0.5, 0.6) is 0 Å². The molecule has 0 bridgehead atoms. The monoisotopic (exact) mass is 349 g/mol. The maximum atomic E-state index is 12.8. The van der Waals surface area contributed by atoms with E-state index in [1.165, 1.54) is 19.3 Å². The second-order valence-electron chi connectivity index (χ2n) is 7.17. The number of nitrogens with one attached hydrogen (secondary N) is 1. The molecule has 1 saturated heterocycles. The second kappa shape index (κ2) is 9.25. The van der Waals surface area contributed by atoms with E-state index < -0.39 is 0 Å². The quantitative estimate of drug-likeness (QED) is 0.858. The van der Waals surface area contributed by atoms with Crippen LogP contribution in [-0.4, -0.2) is 61.3 Å². The molecule has 6 heteroatoms. The fourth-order valence-corrected chi connectivity index (χ4v) is 3.61. The Balaban J connectivity index is 1.56. The average molecular weight is 349 g/mol. The molecule has 3 rings (SSSR count). The number of aryl methyl sites for hydroxylation is 1. The van der Waals surface area contributed by atoms with Crippen molar-refractivity contribution in [2.75, 3.05) is 39.4 Å². The van der Waals surface area contributed by atoms with Crippen molar-refractivity contribution in [3.8, 4) is 0 Å². The first kappa shape index (κ1) is 18.3. The zero-order chi connectivity index (χ0) is 17.5. The Morgan fingerprint density at radius 2 is 2.00 bits per heavy atom. The molecule has 2 heterocycles. The minimum Gasteiger partial charge on any atom is -0.464 e. The largest absolute Gasteiger partial charge is 0.464 e. The van der Waals surface area contributed by atoms with E-state index in [9.17, 15) is 4.79 Å². The van der Waals surface area contributed by atoms with Crippen LogP contribution in [-0.2, 0) is 11.3 Å². The second-order valence-corrected chi connectivity index (χ2v) is 7.17. The Bertz CT molecular complexity index is 534. The lowest BCUT2D eigenvalue weighted by atomic mass is 9.96. The zero-order valence-corrected chi connectivity index (χ0v) is 15.3. The Kier molecular flexibility index (Phi) is 6.76. The fraction of sp³-hybridized carbons (Fsp3) is 0.737. The molecule has 2 amide bonds. The van der Waals surface area contributed by atoms with Crippen LogP contribution in [0.25, 0.3) is 0 Å². The lowest BCUT2D eigenvalue weighted by Crippen LogP contribution is -2.48. The van der Waals surface area contributed by atoms with Gasteiger partial charge in [-0.15, -0.1) is 0 Å². The first-order valence-electron chi connectivity index (χ1n) is 9.61. The summed E-state index contributed by atoms with van der Waals surface area (Å²) in [5.74, 6) is 1.73. The van der Waals surface area contributed by atoms with Crippen molar-refractivity contribution < 1.29 is 13.9 Å². The molecule has 0 spiro atoms. The third-order valence-electron chi connectivity index (χ3n) is 5.15. The van der Waals surface area contributed by atoms with E-state index >= 15 is 0 Å². The molecule has 1 N–H and O–H groups in total. The van der Waals surface area contributed by atoms with Gasteiger partial charge in [0, 0.05) is 32.2 Å². The summed E-state index contributed by atoms with van der Waals surface area (Å²) in [5, 5.41) is 3.24. The molecule has 0 unspecified atom stereocenters. The number of carbonyl (C=O) groups is 1. The molecule has 25 heavy (non-hydrogen) atoms. The highest BCUT2D eigenvalue weighted by Crippen LogP contribution is 2.18. The molecule has 0 atom stereocenters. The molecule has 0 radical (unpaired) electrons. The third kappa shape index (κ3) is 5.75. The van der Waals surface area contributed by atoms with E-state index in [2.05, 4.69) is 10.2 Å². The highest BCUT2D eigenvalue weighted by molar-refractivity contribution is 5.74. The number of nitrogens with zero attached hydrogens (tertiary/aromatic N) is 2. The summed E-state index contributed by atoms with van der Waals surface area (Å²) in [6.45, 7) is 7.49. The summed E-state index contributed by atoms with van der Waals surface area (Å²) < 4.78 is 11.1. The summed E-state index contributed by atoms with van der Waals surface area (Å²) in [6.07, 6.45) is 5.93. The molecular formula is C19H31N3O3. The van der Waals surface area contributed by atoms with Crippen LogP contribution >= 0.6 is 0 Å². The average Bonchev–Trinajstić information content (AvgIpc) is 3.05. The van der Waals surface area contributed by atoms with Crippen LogP contribution in [0.1, 0.15) is 43.6 Å². The van der Waals surface area contributed by atoms with Gasteiger partial charge >= 0.3 is 6.03 Å². The van der Waals surface area contributed by atoms with Crippen molar-refractivity contribution in [1.82, 2.24) is 15.1 Å². The van der Waals surface area contributed by atoms with Crippen molar-refractivity contribution in [3.05, 3.63) is 23.7 Å². The van der Waals surface area contributed by atoms with Gasteiger partial charge in [0.15, 0.2) is 0 Å². The molecule has 1 saturated carbocycles. The highest BCUT2D eigenvalue weighted by atomic mass is 16.5. The van der Waals surface area contributed by atoms with Gasteiger partial charge in [-0.05, 0) is 31.9 Å². The predicted octanol–water partition coefficient (Wildman–Crippen LogP) is 2.76. The van der Waals surface area contributed by atoms with E-state index in [-0.39, 0.29) is 6.03 Å². The van der Waals surface area contributed by atoms with Gasteiger partial charge in [0.25, 0.3) is 0 Å². The summed E-state index contributed by atoms with van der Waals surface area (Å²) in [5.41, 5.74) is 0. The number of morpholine rings is 1. The first-order valence-corrected chi connectivity index (χ1v) is 9.61. The predicted molar refractivity (Wildman–Crippen MR) is 96.5 cm³/mol. The van der Waals surface area contributed by atoms with Gasteiger partial charge < -0.3 is 19.4 Å². The van der Waals surface area contributed by atoms with Gasteiger partial charge in [-0.2, -0.15) is 0 Å². The normalized spacial score (nSPS) is 19.7. The molecule has 6 nitrogen and oxygen atoms in total. The SMILES string of the molecule is Cc1ccc(CN(CCN2CCOCC2)C(=O)NC2CCCCC2)o1. The topological polar surface area (TPSA) is 58.0 Å². The zero-order valence-electron chi connectivity index (χ0n) is 15.3. The third-order valence-corrected chi connectivity index (χ3v) is 5.15. The van der Waals surface area contributed by atoms with Gasteiger partial charge in [0.1, 0.15) is 11.5 Å². The molecule has 1 aliphatic carbocycles. The van der Waals surface area contributed by atoms with Gasteiger partial charge in [-0.1, -0.05) is 19.3 Å². The van der Waals surface area contributed by atoms with Crippen LogP contribution in [0.3, 0.4) is 0 Å². The molecular weight excluding hydrogens is 318 g/mol. The van der Waals surface area contributed by atoms with Gasteiger partial charge in [0.2, 0.25) is 0 Å². The summed E-state index contributed by atoms with van der Waals surface area (Å²) in [6, 6.07) is 4.28. The van der Waals surface area contributed by atoms with Crippen LogP contribution in [0, 0.1) is 6.92 Å². The number of ether oxygens (including phenoxy) is 1. The molecule has 2 fully saturated rings. The Labute approximate surface area is 150 Å². The lowest BCUT2D eigenvalue weighted by Gasteiger charge is -2.31. The van der Waals surface area contributed by atoms with Crippen LogP contribution in [0.2, 0.25) is 0 Å². The van der Waals surface area contributed by atoms with Crippen LogP contribution in [0.4, 0.5) is 4.79 Å². The van der Waals surface area contributed by atoms with Crippen molar-refractivity contribution in [1.29, 1.82) is 0 Å². The van der Waals surface area contributed by atoms with Gasteiger partial charge in [-0.3, -0.25) is 4.90 Å². The molecule has 2 aliphatic rings. The minimum absolute atomic E-state index is 0.0363. The highest BCUT2D eigenvalue weighted by Gasteiger charge is 2.22. The van der Waals surface area contributed by atoms with E-state index in [0.29, 0.717) is 19.1 Å². The van der Waals surface area contributed by atoms with Crippen molar-refractivity contribution in [2.45, 2.75) is 51.6 Å². The minimum atomic E-state index is 0.0363. The van der Waals surface area contributed by atoms with Gasteiger partial charge in [-0.25, -0.2) is 4.79 Å². The lowest BCUT2D eigenvalue weighted by molar-refractivity contribution is 0.0343. The van der Waals surface area contributed by atoms with Gasteiger partial charge in [0.05, 0.1) is 19.8 Å². The molecule has 1 aromatic heterocycles. The van der Waals surface area contributed by atoms with E-state index in [1.807, 2.05) is 24.0 Å². The Hall–Kier alpha value is -1.53. The van der Waals surface area contributed by atoms with Crippen LogP contribution in [0.15, 0.2) is 16.5 Å². The number of hydrogen-bond donors (Lipinski definition) is 1. The summed E-state index contributed by atoms with van der Waals surface area (Å²) in [4.78, 5) is 17.1. The molecule has 1 aromatic rings.